The molecule has 1 aliphatic rings. The van der Waals surface area contributed by atoms with Crippen molar-refractivity contribution in [2.75, 3.05) is 11.9 Å². The molecule has 0 atom stereocenters. The van der Waals surface area contributed by atoms with Gasteiger partial charge in [0.1, 0.15) is 4.99 Å². The van der Waals surface area contributed by atoms with Gasteiger partial charge in [0.2, 0.25) is 0 Å². The molecule has 0 amide bonds. The first-order chi connectivity index (χ1) is 9.56. The Labute approximate surface area is 135 Å². The summed E-state index contributed by atoms with van der Waals surface area (Å²) >= 11 is 8.52. The third kappa shape index (κ3) is 4.45. The Morgan fingerprint density at radius 2 is 2.05 bits per heavy atom. The van der Waals surface area contributed by atoms with Crippen molar-refractivity contribution in [3.8, 4) is 0 Å². The second-order valence-electron chi connectivity index (χ2n) is 5.90. The molecule has 4 heteroatoms. The molecule has 1 aromatic carbocycles. The molecule has 1 aromatic rings. The van der Waals surface area contributed by atoms with E-state index >= 15 is 0 Å². The zero-order valence-electron chi connectivity index (χ0n) is 12.0. The lowest BCUT2D eigenvalue weighted by atomic mass is 9.81. The summed E-state index contributed by atoms with van der Waals surface area (Å²) in [5, 5.41) is 3.50. The summed E-state index contributed by atoms with van der Waals surface area (Å²) in [6.07, 6.45) is 6.86. The Balaban J connectivity index is 1.79. The van der Waals surface area contributed by atoms with Crippen molar-refractivity contribution in [3.05, 3.63) is 28.2 Å². The van der Waals surface area contributed by atoms with Gasteiger partial charge in [0.25, 0.3) is 0 Å². The number of hydrogen-bond acceptors (Lipinski definition) is 2. The minimum atomic E-state index is 0.430. The zero-order chi connectivity index (χ0) is 14.5. The number of rotatable bonds is 5. The fourth-order valence-corrected chi connectivity index (χ4v) is 3.76. The van der Waals surface area contributed by atoms with E-state index in [4.69, 9.17) is 18.0 Å². The molecular weight excluding hydrogens is 332 g/mol. The van der Waals surface area contributed by atoms with E-state index in [2.05, 4.69) is 34.2 Å². The maximum Gasteiger partial charge on any atom is 0.105 e. The molecule has 0 saturated heterocycles. The van der Waals surface area contributed by atoms with Crippen LogP contribution in [-0.4, -0.2) is 11.5 Å². The first kappa shape index (κ1) is 15.8. The van der Waals surface area contributed by atoms with Crippen LogP contribution in [0, 0.1) is 11.8 Å². The van der Waals surface area contributed by atoms with Crippen molar-refractivity contribution >= 4 is 38.8 Å². The molecule has 1 fully saturated rings. The maximum atomic E-state index is 5.65. The molecule has 0 radical (unpaired) electrons. The monoisotopic (exact) mass is 354 g/mol. The fourth-order valence-electron chi connectivity index (χ4n) is 2.86. The zero-order valence-corrected chi connectivity index (χ0v) is 14.4. The quantitative estimate of drug-likeness (QED) is 0.751. The number of nitrogens with one attached hydrogen (secondary N) is 1. The number of halogens is 1. The first-order valence-corrected chi connectivity index (χ1v) is 8.59. The van der Waals surface area contributed by atoms with Crippen LogP contribution in [-0.2, 0) is 0 Å². The van der Waals surface area contributed by atoms with Crippen LogP contribution in [0.5, 0.6) is 0 Å². The van der Waals surface area contributed by atoms with Gasteiger partial charge in [-0.3, -0.25) is 0 Å². The lowest BCUT2D eigenvalue weighted by Gasteiger charge is -2.26. The molecule has 0 aliphatic heterocycles. The van der Waals surface area contributed by atoms with Gasteiger partial charge in [-0.2, -0.15) is 0 Å². The van der Waals surface area contributed by atoms with Crippen LogP contribution in [0.15, 0.2) is 22.7 Å². The number of nitrogens with two attached hydrogens (primary N) is 1. The van der Waals surface area contributed by atoms with Gasteiger partial charge in [-0.05, 0) is 52.4 Å². The van der Waals surface area contributed by atoms with E-state index < -0.39 is 0 Å². The Hall–Kier alpha value is -0.610. The Bertz CT molecular complexity index is 468. The summed E-state index contributed by atoms with van der Waals surface area (Å²) in [6, 6.07) is 6.07. The molecule has 20 heavy (non-hydrogen) atoms. The standard InChI is InChI=1S/C16H23BrN2S/c1-11-2-4-12(5-3-11)8-9-19-13-6-7-14(16(18)20)15(17)10-13/h6-7,10-12,19H,2-5,8-9H2,1H3,(H2,18,20). The van der Waals surface area contributed by atoms with E-state index in [1.54, 1.807) is 0 Å². The van der Waals surface area contributed by atoms with Gasteiger partial charge in [-0.25, -0.2) is 0 Å². The fraction of sp³-hybridized carbons (Fsp3) is 0.562. The molecule has 0 heterocycles. The average Bonchev–Trinajstić information content (AvgIpc) is 2.41. The Kier molecular flexibility index (Phi) is 5.85. The van der Waals surface area contributed by atoms with Crippen LogP contribution in [0.4, 0.5) is 5.69 Å². The molecule has 0 unspecified atom stereocenters. The van der Waals surface area contributed by atoms with Gasteiger partial charge in [0, 0.05) is 22.3 Å². The normalized spacial score (nSPS) is 22.5. The highest BCUT2D eigenvalue weighted by atomic mass is 79.9. The highest BCUT2D eigenvalue weighted by Crippen LogP contribution is 2.30. The smallest absolute Gasteiger partial charge is 0.105 e. The number of hydrogen-bond donors (Lipinski definition) is 2. The largest absolute Gasteiger partial charge is 0.389 e. The third-order valence-electron chi connectivity index (χ3n) is 4.25. The summed E-state index contributed by atoms with van der Waals surface area (Å²) in [5.41, 5.74) is 7.68. The number of thiocarbonyl (C=S) groups is 1. The second-order valence-corrected chi connectivity index (χ2v) is 7.19. The van der Waals surface area contributed by atoms with Crippen LogP contribution < -0.4 is 11.1 Å². The van der Waals surface area contributed by atoms with Gasteiger partial charge in [-0.1, -0.05) is 44.8 Å². The van der Waals surface area contributed by atoms with Crippen LogP contribution >= 0.6 is 28.1 Å². The average molecular weight is 355 g/mol. The minimum Gasteiger partial charge on any atom is -0.389 e. The molecule has 2 rings (SSSR count). The SMILES string of the molecule is CC1CCC(CCNc2ccc(C(N)=S)c(Br)c2)CC1. The van der Waals surface area contributed by atoms with Gasteiger partial charge in [0.05, 0.1) is 0 Å². The first-order valence-electron chi connectivity index (χ1n) is 7.39. The van der Waals surface area contributed by atoms with Crippen molar-refractivity contribution in [3.63, 3.8) is 0 Å². The molecule has 1 aliphatic carbocycles. The van der Waals surface area contributed by atoms with E-state index in [0.29, 0.717) is 4.99 Å². The molecule has 3 N–H and O–H groups in total. The number of benzene rings is 1. The van der Waals surface area contributed by atoms with Crippen molar-refractivity contribution in [2.24, 2.45) is 17.6 Å². The van der Waals surface area contributed by atoms with Crippen molar-refractivity contribution in [2.45, 2.75) is 39.0 Å². The van der Waals surface area contributed by atoms with Crippen LogP contribution in [0.2, 0.25) is 0 Å². The van der Waals surface area contributed by atoms with E-state index in [1.165, 1.54) is 32.1 Å². The molecule has 0 bridgehead atoms. The summed E-state index contributed by atoms with van der Waals surface area (Å²) < 4.78 is 0.960. The predicted octanol–water partition coefficient (Wildman–Crippen LogP) is 4.71. The van der Waals surface area contributed by atoms with Gasteiger partial charge < -0.3 is 11.1 Å². The second kappa shape index (κ2) is 7.41. The maximum absolute atomic E-state index is 5.65. The van der Waals surface area contributed by atoms with E-state index in [1.807, 2.05) is 12.1 Å². The van der Waals surface area contributed by atoms with Crippen LogP contribution in [0.1, 0.15) is 44.6 Å². The predicted molar refractivity (Wildman–Crippen MR) is 94.3 cm³/mol. The van der Waals surface area contributed by atoms with Crippen LogP contribution in [0.3, 0.4) is 0 Å². The molecule has 0 aromatic heterocycles. The molecule has 2 nitrogen and oxygen atoms in total. The third-order valence-corrected chi connectivity index (χ3v) is 5.13. The lowest BCUT2D eigenvalue weighted by molar-refractivity contribution is 0.282. The molecule has 110 valence electrons. The number of anilines is 1. The summed E-state index contributed by atoms with van der Waals surface area (Å²) in [7, 11) is 0. The van der Waals surface area contributed by atoms with E-state index in [-0.39, 0.29) is 0 Å². The summed E-state index contributed by atoms with van der Waals surface area (Å²) in [6.45, 7) is 3.41. The highest BCUT2D eigenvalue weighted by Gasteiger charge is 2.17. The van der Waals surface area contributed by atoms with Gasteiger partial charge in [0.15, 0.2) is 0 Å². The molecule has 0 spiro atoms. The topological polar surface area (TPSA) is 38.0 Å². The Morgan fingerprint density at radius 3 is 2.65 bits per heavy atom. The van der Waals surface area contributed by atoms with Crippen LogP contribution in [0.25, 0.3) is 0 Å². The summed E-state index contributed by atoms with van der Waals surface area (Å²) in [5.74, 6) is 1.83. The van der Waals surface area contributed by atoms with Gasteiger partial charge >= 0.3 is 0 Å². The lowest BCUT2D eigenvalue weighted by Crippen LogP contribution is -2.16. The van der Waals surface area contributed by atoms with Crippen molar-refractivity contribution in [1.82, 2.24) is 0 Å². The highest BCUT2D eigenvalue weighted by molar-refractivity contribution is 9.10. The molecular formula is C16H23BrN2S. The molecule has 1 saturated carbocycles. The summed E-state index contributed by atoms with van der Waals surface area (Å²) in [4.78, 5) is 0.430. The van der Waals surface area contributed by atoms with E-state index in [9.17, 15) is 0 Å². The minimum absolute atomic E-state index is 0.430. The van der Waals surface area contributed by atoms with E-state index in [0.717, 1.165) is 34.1 Å². The Morgan fingerprint density at radius 1 is 1.35 bits per heavy atom. The van der Waals surface area contributed by atoms with Crippen molar-refractivity contribution in [1.29, 1.82) is 0 Å². The van der Waals surface area contributed by atoms with Gasteiger partial charge in [-0.15, -0.1) is 0 Å². The van der Waals surface area contributed by atoms with Crippen molar-refractivity contribution < 1.29 is 0 Å².